The number of alkyl halides is 3. The van der Waals surface area contributed by atoms with Crippen LogP contribution in [-0.2, 0) is 6.18 Å². The predicted molar refractivity (Wildman–Crippen MR) is 123 cm³/mol. The van der Waals surface area contributed by atoms with Crippen molar-refractivity contribution in [2.24, 2.45) is 0 Å². The Bertz CT molecular complexity index is 1570. The Morgan fingerprint density at radius 2 is 1.62 bits per heavy atom. The van der Waals surface area contributed by atoms with Gasteiger partial charge < -0.3 is 5.32 Å². The van der Waals surface area contributed by atoms with Crippen LogP contribution in [0.2, 0.25) is 0 Å². The number of rotatable bonds is 3. The smallest absolute Gasteiger partial charge is 0.320 e. The first-order valence-corrected chi connectivity index (χ1v) is 10.4. The van der Waals surface area contributed by atoms with Crippen molar-refractivity contribution in [2.45, 2.75) is 20.0 Å². The number of hydrogen-bond donors (Lipinski definition) is 1. The molecule has 9 heteroatoms. The fourth-order valence-corrected chi connectivity index (χ4v) is 4.10. The molecule has 2 heterocycles. The molecule has 5 rings (SSSR count). The normalized spacial score (nSPS) is 11.8. The number of carbonyl (C=O) groups is 1. The lowest BCUT2D eigenvalue weighted by atomic mass is 9.98. The van der Waals surface area contributed by atoms with E-state index < -0.39 is 17.6 Å². The van der Waals surface area contributed by atoms with E-state index in [1.807, 2.05) is 49.4 Å². The van der Waals surface area contributed by atoms with E-state index in [-0.39, 0.29) is 11.4 Å². The topological polar surface area (TPSA) is 72.2 Å². The lowest BCUT2D eigenvalue weighted by Gasteiger charge is -2.14. The van der Waals surface area contributed by atoms with Crippen LogP contribution in [0.25, 0.3) is 27.5 Å². The molecule has 0 saturated carbocycles. The fraction of sp³-hybridized carbons (Fsp3) is 0.120. The first kappa shape index (κ1) is 21.6. The summed E-state index contributed by atoms with van der Waals surface area (Å²) in [6.45, 7) is 3.47. The van der Waals surface area contributed by atoms with Crippen LogP contribution in [0.1, 0.15) is 27.4 Å². The molecule has 1 amide bonds. The Balaban J connectivity index is 1.59. The van der Waals surface area contributed by atoms with Crippen LogP contribution in [0.15, 0.2) is 66.7 Å². The van der Waals surface area contributed by atoms with Gasteiger partial charge in [0.25, 0.3) is 5.91 Å². The molecule has 0 aliphatic carbocycles. The van der Waals surface area contributed by atoms with Gasteiger partial charge in [-0.05, 0) is 42.3 Å². The summed E-state index contributed by atoms with van der Waals surface area (Å²) >= 11 is 0. The summed E-state index contributed by atoms with van der Waals surface area (Å²) in [5.74, 6) is -0.802. The molecule has 0 spiro atoms. The molecule has 0 radical (unpaired) electrons. The van der Waals surface area contributed by atoms with Crippen molar-refractivity contribution in [3.05, 3.63) is 89.4 Å². The van der Waals surface area contributed by atoms with Gasteiger partial charge in [0.15, 0.2) is 11.3 Å². The highest BCUT2D eigenvalue weighted by molar-refractivity contribution is 6.04. The van der Waals surface area contributed by atoms with E-state index in [1.54, 1.807) is 6.92 Å². The maximum absolute atomic E-state index is 13.3. The van der Waals surface area contributed by atoms with Gasteiger partial charge in [-0.1, -0.05) is 54.6 Å². The summed E-state index contributed by atoms with van der Waals surface area (Å²) < 4.78 is 41.4. The van der Waals surface area contributed by atoms with Crippen LogP contribution >= 0.6 is 0 Å². The zero-order chi connectivity index (χ0) is 24.0. The number of nitrogens with one attached hydrogen (secondary N) is 1. The van der Waals surface area contributed by atoms with Crippen molar-refractivity contribution < 1.29 is 18.0 Å². The van der Waals surface area contributed by atoms with Gasteiger partial charge in [-0.25, -0.2) is 4.52 Å². The monoisotopic (exact) mass is 461 g/mol. The van der Waals surface area contributed by atoms with E-state index in [4.69, 9.17) is 0 Å². The second-order valence-corrected chi connectivity index (χ2v) is 7.85. The molecule has 0 bridgehead atoms. The summed E-state index contributed by atoms with van der Waals surface area (Å²) in [6.07, 6.45) is -4.61. The number of carbonyl (C=O) groups excluding carboxylic acids is 1. The number of benzene rings is 3. The van der Waals surface area contributed by atoms with Gasteiger partial charge in [-0.15, -0.1) is 10.2 Å². The Labute approximate surface area is 192 Å². The second-order valence-electron chi connectivity index (χ2n) is 7.85. The Morgan fingerprint density at radius 3 is 2.41 bits per heavy atom. The molecule has 6 nitrogen and oxygen atoms in total. The number of aryl methyl sites for hydroxylation is 2. The van der Waals surface area contributed by atoms with Crippen LogP contribution in [0.3, 0.4) is 0 Å². The number of para-hydroxylation sites is 1. The molecule has 0 aliphatic rings. The minimum absolute atomic E-state index is 0.114. The van der Waals surface area contributed by atoms with Crippen LogP contribution in [-0.4, -0.2) is 25.7 Å². The van der Waals surface area contributed by atoms with E-state index in [0.717, 1.165) is 28.0 Å². The van der Waals surface area contributed by atoms with Crippen molar-refractivity contribution in [1.82, 2.24) is 19.8 Å². The van der Waals surface area contributed by atoms with Crippen LogP contribution in [0.4, 0.5) is 18.9 Å². The van der Waals surface area contributed by atoms with Crippen molar-refractivity contribution in [3.63, 3.8) is 0 Å². The summed E-state index contributed by atoms with van der Waals surface area (Å²) in [5.41, 5.74) is 1.81. The average Bonchev–Trinajstić information content (AvgIpc) is 3.15. The van der Waals surface area contributed by atoms with Crippen molar-refractivity contribution in [1.29, 1.82) is 0 Å². The summed E-state index contributed by atoms with van der Waals surface area (Å²) in [5, 5.41) is 17.3. The number of hydrogen-bond acceptors (Lipinski definition) is 4. The van der Waals surface area contributed by atoms with Gasteiger partial charge in [0.1, 0.15) is 0 Å². The van der Waals surface area contributed by atoms with Gasteiger partial charge >= 0.3 is 6.18 Å². The number of anilines is 1. The van der Waals surface area contributed by atoms with E-state index in [2.05, 4.69) is 20.6 Å². The molecule has 170 valence electrons. The molecular formula is C25H18F3N5O. The van der Waals surface area contributed by atoms with Crippen LogP contribution in [0, 0.1) is 13.8 Å². The minimum Gasteiger partial charge on any atom is -0.320 e. The predicted octanol–water partition coefficient (Wildman–Crippen LogP) is 5.83. The minimum atomic E-state index is -4.61. The van der Waals surface area contributed by atoms with Gasteiger partial charge in [-0.2, -0.15) is 18.3 Å². The van der Waals surface area contributed by atoms with Crippen molar-refractivity contribution in [3.8, 4) is 11.1 Å². The van der Waals surface area contributed by atoms with E-state index in [1.165, 1.54) is 22.7 Å². The third-order valence-electron chi connectivity index (χ3n) is 5.70. The summed E-state index contributed by atoms with van der Waals surface area (Å²) in [6, 6.07) is 18.6. The number of halogens is 3. The molecule has 0 unspecified atom stereocenters. The standard InChI is InChI=1S/C25H18F3N5O/c1-14-21(18-11-7-9-16-8-3-4-10-17(16)18)23-31-30-22(15(2)33(23)32-14)24(34)29-20-13-6-5-12-19(20)25(26,27)28/h3-13H,1-2H3,(H,29,34). The van der Waals surface area contributed by atoms with E-state index in [9.17, 15) is 18.0 Å². The zero-order valence-corrected chi connectivity index (χ0v) is 18.2. The first-order valence-electron chi connectivity index (χ1n) is 10.4. The molecule has 0 fully saturated rings. The Hall–Kier alpha value is -4.27. The maximum Gasteiger partial charge on any atom is 0.418 e. The Kier molecular flexibility index (Phi) is 5.04. The third kappa shape index (κ3) is 3.55. The van der Waals surface area contributed by atoms with Crippen molar-refractivity contribution in [2.75, 3.05) is 5.32 Å². The summed E-state index contributed by atoms with van der Waals surface area (Å²) in [7, 11) is 0. The molecule has 5 aromatic rings. The lowest BCUT2D eigenvalue weighted by Crippen LogP contribution is -2.20. The molecule has 0 aliphatic heterocycles. The summed E-state index contributed by atoms with van der Waals surface area (Å²) in [4.78, 5) is 12.9. The van der Waals surface area contributed by atoms with Gasteiger partial charge in [0.2, 0.25) is 0 Å². The number of fused-ring (bicyclic) bond motifs is 2. The molecular weight excluding hydrogens is 443 g/mol. The van der Waals surface area contributed by atoms with Crippen molar-refractivity contribution >= 4 is 28.0 Å². The largest absolute Gasteiger partial charge is 0.418 e. The van der Waals surface area contributed by atoms with Gasteiger partial charge in [0.05, 0.1) is 28.2 Å². The first-order chi connectivity index (χ1) is 16.3. The zero-order valence-electron chi connectivity index (χ0n) is 18.2. The maximum atomic E-state index is 13.3. The lowest BCUT2D eigenvalue weighted by molar-refractivity contribution is -0.136. The quantitative estimate of drug-likeness (QED) is 0.367. The van der Waals surface area contributed by atoms with Crippen LogP contribution < -0.4 is 5.32 Å². The SMILES string of the molecule is Cc1nn2c(C)c(C(=O)Nc3ccccc3C(F)(F)F)nnc2c1-c1cccc2ccccc12. The van der Waals surface area contributed by atoms with Gasteiger partial charge in [-0.3, -0.25) is 4.79 Å². The molecule has 3 aromatic carbocycles. The highest BCUT2D eigenvalue weighted by Crippen LogP contribution is 2.35. The van der Waals surface area contributed by atoms with E-state index in [0.29, 0.717) is 17.0 Å². The molecule has 1 N–H and O–H groups in total. The third-order valence-corrected chi connectivity index (χ3v) is 5.70. The Morgan fingerprint density at radius 1 is 0.912 bits per heavy atom. The number of amides is 1. The molecule has 0 atom stereocenters. The second kappa shape index (κ2) is 7.95. The average molecular weight is 461 g/mol. The fourth-order valence-electron chi connectivity index (χ4n) is 4.10. The highest BCUT2D eigenvalue weighted by atomic mass is 19.4. The molecule has 0 saturated heterocycles. The number of aromatic nitrogens is 4. The highest BCUT2D eigenvalue weighted by Gasteiger charge is 2.34. The molecule has 2 aromatic heterocycles. The van der Waals surface area contributed by atoms with E-state index >= 15 is 0 Å². The van der Waals surface area contributed by atoms with Crippen LogP contribution in [0.5, 0.6) is 0 Å². The number of nitrogens with zero attached hydrogens (tertiary/aromatic N) is 4. The molecule has 34 heavy (non-hydrogen) atoms. The van der Waals surface area contributed by atoms with Gasteiger partial charge in [0, 0.05) is 0 Å².